The average Bonchev–Trinajstić information content (AvgIpc) is 3.23. The molecule has 0 aliphatic carbocycles. The van der Waals surface area contributed by atoms with Crippen molar-refractivity contribution in [2.75, 3.05) is 0 Å². The molecular formula is C20H14IN5. The van der Waals surface area contributed by atoms with Gasteiger partial charge in [0.15, 0.2) is 5.82 Å². The van der Waals surface area contributed by atoms with E-state index in [0.717, 1.165) is 54.1 Å². The Morgan fingerprint density at radius 3 is 2.50 bits per heavy atom. The highest BCUT2D eigenvalue weighted by molar-refractivity contribution is 14.1. The van der Waals surface area contributed by atoms with Gasteiger partial charge >= 0.3 is 0 Å². The lowest BCUT2D eigenvalue weighted by Crippen LogP contribution is -1.85. The van der Waals surface area contributed by atoms with Gasteiger partial charge in [0, 0.05) is 9.77 Å². The van der Waals surface area contributed by atoms with Crippen molar-refractivity contribution in [2.24, 2.45) is 0 Å². The maximum Gasteiger partial charge on any atom is 0.157 e. The summed E-state index contributed by atoms with van der Waals surface area (Å²) in [6.07, 6.45) is 1.84. The van der Waals surface area contributed by atoms with E-state index in [2.05, 4.69) is 72.9 Å². The van der Waals surface area contributed by atoms with E-state index in [4.69, 9.17) is 4.98 Å². The zero-order valence-electron chi connectivity index (χ0n) is 13.9. The fourth-order valence-corrected chi connectivity index (χ4v) is 3.46. The number of halogens is 1. The Balaban J connectivity index is 1.59. The molecule has 2 N–H and O–H groups in total. The van der Waals surface area contributed by atoms with E-state index in [1.165, 1.54) is 0 Å². The Morgan fingerprint density at radius 1 is 0.808 bits per heavy atom. The Bertz CT molecular complexity index is 1250. The molecule has 0 fully saturated rings. The van der Waals surface area contributed by atoms with E-state index in [-0.39, 0.29) is 0 Å². The van der Waals surface area contributed by atoms with Gasteiger partial charge in [-0.2, -0.15) is 0 Å². The van der Waals surface area contributed by atoms with E-state index in [1.807, 2.05) is 31.3 Å². The molecule has 6 heteroatoms. The summed E-state index contributed by atoms with van der Waals surface area (Å²) in [5.41, 5.74) is 7.07. The largest absolute Gasteiger partial charge is 0.342 e. The molecule has 2 aromatic carbocycles. The summed E-state index contributed by atoms with van der Waals surface area (Å²) in [5, 5.41) is 0. The molecular weight excluding hydrogens is 437 g/mol. The highest BCUT2D eigenvalue weighted by Gasteiger charge is 2.09. The van der Waals surface area contributed by atoms with Gasteiger partial charge in [-0.15, -0.1) is 0 Å². The number of hydrogen-bond donors (Lipinski definition) is 2. The molecule has 0 aliphatic heterocycles. The lowest BCUT2D eigenvalue weighted by Gasteiger charge is -2.01. The smallest absolute Gasteiger partial charge is 0.157 e. The molecule has 0 atom stereocenters. The summed E-state index contributed by atoms with van der Waals surface area (Å²) in [5.74, 6) is 1.71. The zero-order valence-corrected chi connectivity index (χ0v) is 16.1. The average molecular weight is 451 g/mol. The van der Waals surface area contributed by atoms with Gasteiger partial charge in [-0.1, -0.05) is 12.1 Å². The number of aromatic amines is 2. The van der Waals surface area contributed by atoms with Gasteiger partial charge in [0.1, 0.15) is 11.5 Å². The zero-order chi connectivity index (χ0) is 17.7. The summed E-state index contributed by atoms with van der Waals surface area (Å²) in [7, 11) is 0. The number of nitrogens with zero attached hydrogens (tertiary/aromatic N) is 3. The molecule has 0 saturated carbocycles. The van der Waals surface area contributed by atoms with E-state index >= 15 is 0 Å². The lowest BCUT2D eigenvalue weighted by atomic mass is 10.0. The van der Waals surface area contributed by atoms with Crippen LogP contribution in [0.2, 0.25) is 0 Å². The number of pyridine rings is 1. The number of H-pyrrole nitrogens is 2. The number of fused-ring (bicyclic) bond motifs is 2. The van der Waals surface area contributed by atoms with E-state index in [1.54, 1.807) is 0 Å². The molecule has 3 aromatic heterocycles. The topological polar surface area (TPSA) is 70.2 Å². The van der Waals surface area contributed by atoms with Gasteiger partial charge in [0.25, 0.3) is 0 Å². The molecule has 5 rings (SSSR count). The first kappa shape index (κ1) is 15.5. The molecule has 0 amide bonds. The standard InChI is InChI=1S/C20H14IN5/c1-11-23-15-5-2-12(8-18(15)24-11)13-3-6-16-19(9-13)26-20(25-16)17-7-4-14(21)10-22-17/h2-10H,1H3,(H,23,24)(H,25,26). The van der Waals surface area contributed by atoms with Crippen LogP contribution in [0.1, 0.15) is 5.82 Å². The molecule has 5 aromatic rings. The normalized spacial score (nSPS) is 11.5. The Kier molecular flexibility index (Phi) is 3.53. The first-order valence-corrected chi connectivity index (χ1v) is 9.32. The molecule has 26 heavy (non-hydrogen) atoms. The van der Waals surface area contributed by atoms with Crippen molar-refractivity contribution < 1.29 is 0 Å². The van der Waals surface area contributed by atoms with Crippen LogP contribution in [0.15, 0.2) is 54.7 Å². The summed E-state index contributed by atoms with van der Waals surface area (Å²) >= 11 is 2.25. The van der Waals surface area contributed by atoms with Crippen LogP contribution in [0.3, 0.4) is 0 Å². The van der Waals surface area contributed by atoms with Crippen LogP contribution in [0.25, 0.3) is 44.7 Å². The van der Waals surface area contributed by atoms with Crippen molar-refractivity contribution in [3.05, 3.63) is 64.1 Å². The van der Waals surface area contributed by atoms with Crippen LogP contribution in [-0.2, 0) is 0 Å². The molecule has 0 aliphatic rings. The number of imidazole rings is 2. The molecule has 0 unspecified atom stereocenters. The van der Waals surface area contributed by atoms with Crippen LogP contribution < -0.4 is 0 Å². The molecule has 0 radical (unpaired) electrons. The van der Waals surface area contributed by atoms with E-state index in [9.17, 15) is 0 Å². The van der Waals surface area contributed by atoms with Crippen LogP contribution in [0.5, 0.6) is 0 Å². The highest BCUT2D eigenvalue weighted by atomic mass is 127. The van der Waals surface area contributed by atoms with Gasteiger partial charge in [-0.3, -0.25) is 4.98 Å². The molecule has 5 nitrogen and oxygen atoms in total. The summed E-state index contributed by atoms with van der Waals surface area (Å²) in [6.45, 7) is 1.97. The third-order valence-corrected chi connectivity index (χ3v) is 5.02. The highest BCUT2D eigenvalue weighted by Crippen LogP contribution is 2.27. The predicted octanol–water partition coefficient (Wildman–Crippen LogP) is 5.08. The van der Waals surface area contributed by atoms with Gasteiger partial charge in [0.2, 0.25) is 0 Å². The number of benzene rings is 2. The minimum atomic E-state index is 0.785. The summed E-state index contributed by atoms with van der Waals surface area (Å²) < 4.78 is 1.11. The maximum atomic E-state index is 4.72. The quantitative estimate of drug-likeness (QED) is 0.368. The van der Waals surface area contributed by atoms with Crippen molar-refractivity contribution in [2.45, 2.75) is 6.92 Å². The van der Waals surface area contributed by atoms with Crippen molar-refractivity contribution in [1.82, 2.24) is 24.9 Å². The summed E-state index contributed by atoms with van der Waals surface area (Å²) in [4.78, 5) is 20.3. The fourth-order valence-electron chi connectivity index (χ4n) is 3.14. The van der Waals surface area contributed by atoms with Crippen molar-refractivity contribution >= 4 is 44.7 Å². The van der Waals surface area contributed by atoms with Crippen molar-refractivity contribution in [3.8, 4) is 22.6 Å². The van der Waals surface area contributed by atoms with E-state index < -0.39 is 0 Å². The Labute approximate surface area is 163 Å². The third-order valence-electron chi connectivity index (χ3n) is 4.39. The number of aryl methyl sites for hydroxylation is 1. The van der Waals surface area contributed by atoms with Crippen molar-refractivity contribution in [1.29, 1.82) is 0 Å². The molecule has 126 valence electrons. The fraction of sp³-hybridized carbons (Fsp3) is 0.0500. The molecule has 0 bridgehead atoms. The second-order valence-electron chi connectivity index (χ2n) is 6.23. The lowest BCUT2D eigenvalue weighted by molar-refractivity contribution is 1.17. The maximum absolute atomic E-state index is 4.72. The molecule has 0 saturated heterocycles. The number of rotatable bonds is 2. The van der Waals surface area contributed by atoms with Gasteiger partial charge in [-0.25, -0.2) is 9.97 Å². The van der Waals surface area contributed by atoms with Gasteiger partial charge in [-0.05, 0) is 77.0 Å². The monoisotopic (exact) mass is 451 g/mol. The summed E-state index contributed by atoms with van der Waals surface area (Å²) in [6, 6.07) is 16.6. The van der Waals surface area contributed by atoms with Gasteiger partial charge in [0.05, 0.1) is 22.1 Å². The Hall–Kier alpha value is -2.74. The van der Waals surface area contributed by atoms with E-state index in [0.29, 0.717) is 0 Å². The number of aromatic nitrogens is 5. The minimum Gasteiger partial charge on any atom is -0.342 e. The van der Waals surface area contributed by atoms with Crippen LogP contribution >= 0.6 is 22.6 Å². The minimum absolute atomic E-state index is 0.785. The number of nitrogens with one attached hydrogen (secondary N) is 2. The number of hydrogen-bond acceptors (Lipinski definition) is 3. The van der Waals surface area contributed by atoms with Gasteiger partial charge < -0.3 is 9.97 Å². The second-order valence-corrected chi connectivity index (χ2v) is 7.48. The van der Waals surface area contributed by atoms with Crippen LogP contribution in [0.4, 0.5) is 0 Å². The van der Waals surface area contributed by atoms with Crippen LogP contribution in [-0.4, -0.2) is 24.9 Å². The molecule has 3 heterocycles. The Morgan fingerprint density at radius 2 is 1.65 bits per heavy atom. The first-order valence-electron chi connectivity index (χ1n) is 8.24. The third kappa shape index (κ3) is 2.66. The SMILES string of the molecule is Cc1nc2ccc(-c3ccc4[nH]c(-c5ccc(I)cn5)nc4c3)cc2[nH]1. The van der Waals surface area contributed by atoms with Crippen LogP contribution in [0, 0.1) is 10.5 Å². The second kappa shape index (κ2) is 5.91. The first-order chi connectivity index (χ1) is 12.7. The van der Waals surface area contributed by atoms with Crippen molar-refractivity contribution in [3.63, 3.8) is 0 Å². The molecule has 0 spiro atoms. The predicted molar refractivity (Wildman–Crippen MR) is 112 cm³/mol.